The van der Waals surface area contributed by atoms with Gasteiger partial charge in [0.15, 0.2) is 0 Å². The first-order valence-electron chi connectivity index (χ1n) is 29.8. The Morgan fingerprint density at radius 3 is 1.50 bits per heavy atom. The summed E-state index contributed by atoms with van der Waals surface area (Å²) in [7, 11) is 1.35. The van der Waals surface area contributed by atoms with Gasteiger partial charge in [0.25, 0.3) is 0 Å². The number of thioether (sulfide) groups is 1. The number of aliphatic hydroxyl groups is 1. The monoisotopic (exact) mass is 1250 g/mol. The molecule has 0 spiro atoms. The summed E-state index contributed by atoms with van der Waals surface area (Å²) in [5.41, 5.74) is -3.02. The van der Waals surface area contributed by atoms with Crippen LogP contribution in [0.4, 0.5) is 4.79 Å². The number of carboxylic acid groups (broad SMARTS) is 2. The molecule has 0 aliphatic heterocycles. The summed E-state index contributed by atoms with van der Waals surface area (Å²) < 4.78 is 40.3. The van der Waals surface area contributed by atoms with Crippen LogP contribution in [0.15, 0.2) is 24.3 Å². The molecule has 0 heterocycles. The summed E-state index contributed by atoms with van der Waals surface area (Å²) in [6.45, 7) is 30.1. The van der Waals surface area contributed by atoms with Gasteiger partial charge in [0, 0.05) is 17.9 Å². The Hall–Kier alpha value is -5.97. The number of carbonyl (C=O) groups excluding carboxylic acids is 8. The van der Waals surface area contributed by atoms with Gasteiger partial charge in [-0.05, 0) is 139 Å². The van der Waals surface area contributed by atoms with E-state index in [1.54, 1.807) is 61.5 Å². The number of carbonyl (C=O) groups is 10. The molecular formula is C63H107NO21S. The molecule has 1 amide bonds. The summed E-state index contributed by atoms with van der Waals surface area (Å²) >= 11 is 1.45. The van der Waals surface area contributed by atoms with Crippen molar-refractivity contribution in [1.82, 2.24) is 5.32 Å². The lowest BCUT2D eigenvalue weighted by atomic mass is 9.91. The number of aromatic carboxylic acids is 1. The first-order chi connectivity index (χ1) is 40.0. The molecule has 1 aromatic carbocycles. The normalized spacial score (nSPS) is 12.0. The lowest BCUT2D eigenvalue weighted by molar-refractivity contribution is -0.160. The number of nitrogens with one attached hydrogen (secondary N) is 1. The van der Waals surface area contributed by atoms with Crippen LogP contribution in [-0.2, 0) is 71.5 Å². The van der Waals surface area contributed by atoms with Crippen molar-refractivity contribution in [2.24, 2.45) is 33.0 Å². The number of unbranched alkanes of at least 4 members (excludes halogenated alkanes) is 3. The van der Waals surface area contributed by atoms with Gasteiger partial charge in [0.2, 0.25) is 0 Å². The molecule has 0 aliphatic carbocycles. The fourth-order valence-electron chi connectivity index (χ4n) is 5.91. The summed E-state index contributed by atoms with van der Waals surface area (Å²) in [6, 6.07) is 5.77. The number of carboxylic acids is 2. The van der Waals surface area contributed by atoms with Crippen molar-refractivity contribution >= 4 is 71.6 Å². The molecule has 2 atom stereocenters. The van der Waals surface area contributed by atoms with Crippen LogP contribution < -0.4 is 5.32 Å². The van der Waals surface area contributed by atoms with E-state index in [2.05, 4.69) is 19.2 Å². The highest BCUT2D eigenvalue weighted by molar-refractivity contribution is 7.99. The van der Waals surface area contributed by atoms with E-state index < -0.39 is 69.1 Å². The number of alkyl carbamates (subject to hydrolysis) is 1. The van der Waals surface area contributed by atoms with Crippen molar-refractivity contribution in [3.05, 3.63) is 35.4 Å². The van der Waals surface area contributed by atoms with Crippen molar-refractivity contribution in [3.63, 3.8) is 0 Å². The molecule has 86 heavy (non-hydrogen) atoms. The molecule has 1 rings (SSSR count). The Morgan fingerprint density at radius 1 is 0.523 bits per heavy atom. The summed E-state index contributed by atoms with van der Waals surface area (Å²) in [5.74, 6) is -3.13. The second kappa shape index (κ2) is 45.3. The number of aliphatic hydroxyl groups excluding tert-OH is 1. The van der Waals surface area contributed by atoms with Crippen LogP contribution in [0.3, 0.4) is 0 Å². The molecule has 4 N–H and O–H groups in total. The largest absolute Gasteiger partial charge is 0.481 e. The zero-order valence-electron chi connectivity index (χ0n) is 54.8. The third-order valence-electron chi connectivity index (χ3n) is 14.1. The third kappa shape index (κ3) is 38.9. The smallest absolute Gasteiger partial charge is 0.407 e. The van der Waals surface area contributed by atoms with Crippen LogP contribution in [0.1, 0.15) is 215 Å². The van der Waals surface area contributed by atoms with E-state index in [1.807, 2.05) is 41.5 Å². The number of aliphatic carboxylic acids is 1. The Kier molecular flexibility index (Phi) is 44.4. The second-order valence-corrected chi connectivity index (χ2v) is 24.7. The molecule has 0 bridgehead atoms. The molecule has 0 radical (unpaired) electrons. The molecule has 0 saturated carbocycles. The highest BCUT2D eigenvalue weighted by Crippen LogP contribution is 2.26. The summed E-state index contributed by atoms with van der Waals surface area (Å²) in [5, 5.41) is 29.7. The summed E-state index contributed by atoms with van der Waals surface area (Å²) in [6.07, 6.45) is 8.29. The van der Waals surface area contributed by atoms with Crippen molar-refractivity contribution in [2.45, 2.75) is 200 Å². The number of methoxy groups -OCH3 is 1. The van der Waals surface area contributed by atoms with Gasteiger partial charge < -0.3 is 58.5 Å². The van der Waals surface area contributed by atoms with E-state index in [9.17, 15) is 53.1 Å². The van der Waals surface area contributed by atoms with E-state index in [-0.39, 0.29) is 81.0 Å². The molecule has 0 saturated heterocycles. The number of benzene rings is 1. The topological polar surface area (TPSA) is 317 Å². The van der Waals surface area contributed by atoms with Gasteiger partial charge >= 0.3 is 59.8 Å². The summed E-state index contributed by atoms with van der Waals surface area (Å²) in [4.78, 5) is 115. The highest BCUT2D eigenvalue weighted by Gasteiger charge is 2.31. The number of rotatable bonds is 38. The van der Waals surface area contributed by atoms with Crippen molar-refractivity contribution in [2.75, 3.05) is 71.4 Å². The lowest BCUT2D eigenvalue weighted by Crippen LogP contribution is -2.32. The Bertz CT molecular complexity index is 2190. The minimum Gasteiger partial charge on any atom is -0.481 e. The van der Waals surface area contributed by atoms with Gasteiger partial charge in [-0.15, -0.1) is 0 Å². The predicted molar refractivity (Wildman–Crippen MR) is 327 cm³/mol. The number of esters is 7. The molecule has 496 valence electrons. The van der Waals surface area contributed by atoms with Crippen molar-refractivity contribution in [1.29, 1.82) is 0 Å². The average molecular weight is 1250 g/mol. The Balaban J connectivity index is -0.00000114. The predicted octanol–water partition coefficient (Wildman–Crippen LogP) is 11.2. The standard InChI is InChI=1S/C23H43NO6.C18H32O7S.C16H20O6.C6H12O2/c1-6-9-13-19(7-2)18-30-20(25)14-11-10-12-16-29-22(27)24-15-17-28-21(26)23(4,5)8-3;1-7-17(2,3)16(22)25-11-13(19)10-24-14(20)8-9-26-12-18(4,5)15(21)23-6;1-4-16(2,3)15(20)22-10-9-21-14(19)12-8-6-5-7-11(12)13(17)18;1-4-6(2,3)5(7)8/h19H,6-18H2,1-5H3,(H,24,27);13,19H,7-12H2,1-6H3;5-8H,4,9-10H2,1-3H3,(H,17,18);4H2,1-3H3,(H,7,8). The van der Waals surface area contributed by atoms with Gasteiger partial charge in [-0.2, -0.15) is 11.8 Å². The zero-order valence-corrected chi connectivity index (χ0v) is 55.6. The molecule has 0 aliphatic rings. The maximum absolute atomic E-state index is 11.8. The molecule has 1 aromatic rings. The first-order valence-corrected chi connectivity index (χ1v) is 31.0. The molecular weight excluding hydrogens is 1140 g/mol. The van der Waals surface area contributed by atoms with E-state index in [4.69, 9.17) is 48.1 Å². The van der Waals surface area contributed by atoms with Crippen LogP contribution in [0.25, 0.3) is 0 Å². The van der Waals surface area contributed by atoms with Crippen molar-refractivity contribution < 1.29 is 101 Å². The van der Waals surface area contributed by atoms with Crippen LogP contribution in [0, 0.1) is 33.0 Å². The molecule has 0 fully saturated rings. The number of ether oxygens (including phenoxy) is 8. The number of amides is 1. The minimum absolute atomic E-state index is 0.0322. The maximum Gasteiger partial charge on any atom is 0.407 e. The van der Waals surface area contributed by atoms with Crippen LogP contribution in [-0.4, -0.2) is 153 Å². The molecule has 23 heteroatoms. The van der Waals surface area contributed by atoms with E-state index in [0.29, 0.717) is 69.2 Å². The van der Waals surface area contributed by atoms with Crippen LogP contribution in [0.2, 0.25) is 0 Å². The SMILES string of the molecule is CCC(C)(C)C(=O)O.CCC(C)(C)C(=O)OCC(O)COC(=O)CCSCC(C)(C)C(=O)OC.CCC(C)(C)C(=O)OCCOC(=O)c1ccccc1C(=O)O.CCCCC(CC)COC(=O)CCCCCOC(=O)NCCOC(=O)C(C)(C)CC. The molecule has 2 unspecified atom stereocenters. The Labute approximate surface area is 516 Å². The van der Waals surface area contributed by atoms with Gasteiger partial charge in [-0.1, -0.05) is 72.9 Å². The quantitative estimate of drug-likeness (QED) is 0.0271. The van der Waals surface area contributed by atoms with Crippen LogP contribution >= 0.6 is 11.8 Å². The van der Waals surface area contributed by atoms with Gasteiger partial charge in [-0.3, -0.25) is 33.6 Å². The van der Waals surface area contributed by atoms with Gasteiger partial charge in [0.05, 0.1) is 71.5 Å². The first kappa shape index (κ1) is 84.2. The fourth-order valence-corrected chi connectivity index (χ4v) is 6.99. The second-order valence-electron chi connectivity index (χ2n) is 23.6. The lowest BCUT2D eigenvalue weighted by Gasteiger charge is -2.21. The van der Waals surface area contributed by atoms with E-state index >= 15 is 0 Å². The van der Waals surface area contributed by atoms with Crippen LogP contribution in [0.5, 0.6) is 0 Å². The maximum atomic E-state index is 11.8. The fraction of sp³-hybridized carbons (Fsp3) is 0.746. The highest BCUT2D eigenvalue weighted by atomic mass is 32.2. The van der Waals surface area contributed by atoms with Crippen molar-refractivity contribution in [3.8, 4) is 0 Å². The minimum atomic E-state index is -1.20. The number of hydrogen-bond acceptors (Lipinski definition) is 20. The number of hydrogen-bond donors (Lipinski definition) is 4. The third-order valence-corrected chi connectivity index (χ3v) is 15.5. The van der Waals surface area contributed by atoms with Gasteiger partial charge in [0.1, 0.15) is 39.1 Å². The molecule has 0 aromatic heterocycles. The zero-order chi connectivity index (χ0) is 66.7. The van der Waals surface area contributed by atoms with E-state index in [1.165, 1.54) is 43.5 Å². The van der Waals surface area contributed by atoms with Gasteiger partial charge in [-0.25, -0.2) is 14.4 Å². The average Bonchev–Trinajstić information content (AvgIpc) is 3.55. The molecule has 22 nitrogen and oxygen atoms in total. The Morgan fingerprint density at radius 2 is 1.01 bits per heavy atom. The van der Waals surface area contributed by atoms with E-state index in [0.717, 1.165) is 32.1 Å².